The molecule has 0 aromatic carbocycles. The van der Waals surface area contributed by atoms with Crippen LogP contribution in [0, 0.1) is 19.3 Å². The molecule has 134 valence electrons. The molecule has 0 unspecified atom stereocenters. The maximum Gasteiger partial charge on any atom is 0.341 e. The van der Waals surface area contributed by atoms with Crippen molar-refractivity contribution in [3.05, 3.63) is 16.0 Å². The van der Waals surface area contributed by atoms with Gasteiger partial charge in [0.05, 0.1) is 5.56 Å². The molecule has 0 saturated heterocycles. The first-order valence-corrected chi connectivity index (χ1v) is 8.63. The topological polar surface area (TPSA) is 84.5 Å². The van der Waals surface area contributed by atoms with E-state index in [1.807, 2.05) is 20.8 Å². The average molecular weight is 354 g/mol. The number of amides is 2. The van der Waals surface area contributed by atoms with E-state index in [-0.39, 0.29) is 24.5 Å². The number of nitrogens with one attached hydrogen (secondary N) is 2. The lowest BCUT2D eigenvalue weighted by Gasteiger charge is -2.17. The van der Waals surface area contributed by atoms with Gasteiger partial charge in [0.1, 0.15) is 5.00 Å². The second-order valence-corrected chi connectivity index (χ2v) is 8.21. The average Bonchev–Trinajstić information content (AvgIpc) is 2.69. The van der Waals surface area contributed by atoms with Crippen molar-refractivity contribution >= 4 is 34.1 Å². The number of hydrogen-bond acceptors (Lipinski definition) is 5. The Morgan fingerprint density at radius 1 is 1.17 bits per heavy atom. The number of hydrogen-bond donors (Lipinski definition) is 2. The number of rotatable bonds is 5. The van der Waals surface area contributed by atoms with E-state index in [4.69, 9.17) is 4.74 Å². The van der Waals surface area contributed by atoms with Crippen molar-refractivity contribution in [3.8, 4) is 0 Å². The molecule has 0 aliphatic carbocycles. The molecule has 0 radical (unpaired) electrons. The molecule has 0 aliphatic heterocycles. The first kappa shape index (κ1) is 20.2. The normalized spacial score (nSPS) is 11.3. The molecule has 1 aromatic heterocycles. The van der Waals surface area contributed by atoms with Crippen molar-refractivity contribution in [2.24, 2.45) is 5.41 Å². The maximum atomic E-state index is 12.4. The summed E-state index contributed by atoms with van der Waals surface area (Å²) in [4.78, 5) is 37.1. The molecule has 1 aromatic rings. The van der Waals surface area contributed by atoms with Crippen molar-refractivity contribution in [1.29, 1.82) is 0 Å². The molecular formula is C17H26N2O4S. The van der Waals surface area contributed by atoms with Crippen LogP contribution in [0.5, 0.6) is 0 Å². The summed E-state index contributed by atoms with van der Waals surface area (Å²) in [5.74, 6) is -1.15. The molecule has 0 aliphatic rings. The zero-order valence-corrected chi connectivity index (χ0v) is 16.1. The Labute approximate surface area is 147 Å². The molecular weight excluding hydrogens is 328 g/mol. The minimum absolute atomic E-state index is 0.0250. The highest BCUT2D eigenvalue weighted by Crippen LogP contribution is 2.34. The van der Waals surface area contributed by atoms with Crippen LogP contribution in [0.1, 0.15) is 55.4 Å². The maximum absolute atomic E-state index is 12.4. The van der Waals surface area contributed by atoms with Gasteiger partial charge < -0.3 is 15.4 Å². The third kappa shape index (κ3) is 5.33. The number of thiophene rings is 1. The van der Waals surface area contributed by atoms with E-state index in [1.165, 1.54) is 11.3 Å². The van der Waals surface area contributed by atoms with Crippen LogP contribution in [0.2, 0.25) is 0 Å². The lowest BCUT2D eigenvalue weighted by molar-refractivity contribution is -0.125. The van der Waals surface area contributed by atoms with Gasteiger partial charge in [0, 0.05) is 16.3 Å². The molecule has 2 amide bonds. The fourth-order valence-corrected chi connectivity index (χ4v) is 2.86. The third-order valence-corrected chi connectivity index (χ3v) is 4.40. The van der Waals surface area contributed by atoms with Crippen LogP contribution in [-0.4, -0.2) is 30.4 Å². The largest absolute Gasteiger partial charge is 0.452 e. The summed E-state index contributed by atoms with van der Waals surface area (Å²) in [6, 6.07) is -0.0250. The van der Waals surface area contributed by atoms with Gasteiger partial charge in [-0.15, -0.1) is 11.3 Å². The van der Waals surface area contributed by atoms with E-state index < -0.39 is 11.4 Å². The highest BCUT2D eigenvalue weighted by Gasteiger charge is 2.27. The second-order valence-electron chi connectivity index (χ2n) is 6.99. The number of carbonyl (C=O) groups is 3. The number of ether oxygens (including phenoxy) is 1. The van der Waals surface area contributed by atoms with Crippen molar-refractivity contribution in [2.45, 2.75) is 54.5 Å². The second kappa shape index (κ2) is 7.79. The van der Waals surface area contributed by atoms with Gasteiger partial charge in [-0.05, 0) is 33.3 Å². The zero-order chi connectivity index (χ0) is 18.7. The molecule has 0 atom stereocenters. The van der Waals surface area contributed by atoms with Crippen LogP contribution >= 0.6 is 11.3 Å². The fraction of sp³-hybridized carbons (Fsp3) is 0.588. The molecule has 2 N–H and O–H groups in total. The molecule has 7 heteroatoms. The molecule has 0 spiro atoms. The Bertz CT molecular complexity index is 642. The summed E-state index contributed by atoms with van der Waals surface area (Å²) in [5, 5.41) is 5.90. The SMILES string of the molecule is Cc1sc(NC(=O)C(C)(C)C)c(C(=O)OCC(=O)NC(C)C)c1C. The Balaban J connectivity index is 2.92. The summed E-state index contributed by atoms with van der Waals surface area (Å²) < 4.78 is 5.10. The number of esters is 1. The molecule has 0 saturated carbocycles. The van der Waals surface area contributed by atoms with E-state index >= 15 is 0 Å². The summed E-state index contributed by atoms with van der Waals surface area (Å²) in [6.45, 7) is 12.4. The molecule has 0 fully saturated rings. The molecule has 1 heterocycles. The summed E-state index contributed by atoms with van der Waals surface area (Å²) in [6.07, 6.45) is 0. The Hall–Kier alpha value is -1.89. The highest BCUT2D eigenvalue weighted by molar-refractivity contribution is 7.16. The summed E-state index contributed by atoms with van der Waals surface area (Å²) in [5.41, 5.74) is 0.482. The minimum atomic E-state index is -0.611. The van der Waals surface area contributed by atoms with E-state index in [0.717, 1.165) is 10.4 Å². The third-order valence-electron chi connectivity index (χ3n) is 3.28. The number of carbonyl (C=O) groups excluding carboxylic acids is 3. The molecule has 0 bridgehead atoms. The lowest BCUT2D eigenvalue weighted by Crippen LogP contribution is -2.34. The van der Waals surface area contributed by atoms with E-state index in [9.17, 15) is 14.4 Å². The van der Waals surface area contributed by atoms with Crippen LogP contribution < -0.4 is 10.6 Å². The first-order chi connectivity index (χ1) is 10.9. The molecule has 24 heavy (non-hydrogen) atoms. The van der Waals surface area contributed by atoms with E-state index in [0.29, 0.717) is 10.6 Å². The predicted octanol–water partition coefficient (Wildman–Crippen LogP) is 3.03. The van der Waals surface area contributed by atoms with Crippen molar-refractivity contribution in [2.75, 3.05) is 11.9 Å². The monoisotopic (exact) mass is 354 g/mol. The van der Waals surface area contributed by atoms with Crippen molar-refractivity contribution < 1.29 is 19.1 Å². The van der Waals surface area contributed by atoms with Gasteiger partial charge in [0.25, 0.3) is 5.91 Å². The van der Waals surface area contributed by atoms with Gasteiger partial charge in [-0.25, -0.2) is 4.79 Å². The van der Waals surface area contributed by atoms with Crippen molar-refractivity contribution in [3.63, 3.8) is 0 Å². The lowest BCUT2D eigenvalue weighted by atomic mass is 9.96. The van der Waals surface area contributed by atoms with Gasteiger partial charge in [0.15, 0.2) is 6.61 Å². The van der Waals surface area contributed by atoms with Crippen LogP contribution in [0.4, 0.5) is 5.00 Å². The molecule has 1 rings (SSSR count). The Morgan fingerprint density at radius 3 is 2.25 bits per heavy atom. The zero-order valence-electron chi connectivity index (χ0n) is 15.3. The van der Waals surface area contributed by atoms with Gasteiger partial charge in [-0.3, -0.25) is 9.59 Å². The van der Waals surface area contributed by atoms with Gasteiger partial charge in [-0.2, -0.15) is 0 Å². The predicted molar refractivity (Wildman–Crippen MR) is 95.4 cm³/mol. The fourth-order valence-electron chi connectivity index (χ4n) is 1.82. The number of aryl methyl sites for hydroxylation is 1. The number of anilines is 1. The minimum Gasteiger partial charge on any atom is -0.452 e. The first-order valence-electron chi connectivity index (χ1n) is 7.81. The highest BCUT2D eigenvalue weighted by atomic mass is 32.1. The van der Waals surface area contributed by atoms with Crippen LogP contribution in [0.25, 0.3) is 0 Å². The smallest absolute Gasteiger partial charge is 0.341 e. The van der Waals surface area contributed by atoms with Crippen LogP contribution in [-0.2, 0) is 14.3 Å². The van der Waals surface area contributed by atoms with Gasteiger partial charge in [0.2, 0.25) is 5.91 Å². The quantitative estimate of drug-likeness (QED) is 0.796. The van der Waals surface area contributed by atoms with Crippen molar-refractivity contribution in [1.82, 2.24) is 5.32 Å². The summed E-state index contributed by atoms with van der Waals surface area (Å²) in [7, 11) is 0. The standard InChI is InChI=1S/C17H26N2O4S/c1-9(2)18-12(20)8-23-15(21)13-10(3)11(4)24-14(13)19-16(22)17(5,6)7/h9H,8H2,1-7H3,(H,18,20)(H,19,22). The Kier molecular flexibility index (Phi) is 6.54. The van der Waals surface area contributed by atoms with Gasteiger partial charge >= 0.3 is 5.97 Å². The summed E-state index contributed by atoms with van der Waals surface area (Å²) >= 11 is 1.33. The van der Waals surface area contributed by atoms with E-state index in [1.54, 1.807) is 27.7 Å². The van der Waals surface area contributed by atoms with Gasteiger partial charge in [-0.1, -0.05) is 20.8 Å². The Morgan fingerprint density at radius 2 is 1.75 bits per heavy atom. The van der Waals surface area contributed by atoms with Crippen LogP contribution in [0.15, 0.2) is 0 Å². The van der Waals surface area contributed by atoms with E-state index in [2.05, 4.69) is 10.6 Å². The van der Waals surface area contributed by atoms with Crippen LogP contribution in [0.3, 0.4) is 0 Å². The molecule has 6 nitrogen and oxygen atoms in total.